The van der Waals surface area contributed by atoms with Gasteiger partial charge in [-0.3, -0.25) is 0 Å². The van der Waals surface area contributed by atoms with Gasteiger partial charge in [0, 0.05) is 36.3 Å². The van der Waals surface area contributed by atoms with Crippen molar-refractivity contribution in [1.29, 1.82) is 0 Å². The molecular formula is C18H15FN4OS. The first-order valence-electron chi connectivity index (χ1n) is 7.68. The van der Waals surface area contributed by atoms with E-state index < -0.39 is 5.82 Å². The molecule has 0 bridgehead atoms. The number of methoxy groups -OCH3 is 1. The van der Waals surface area contributed by atoms with Crippen LogP contribution in [0.4, 0.5) is 10.3 Å². The molecule has 2 heterocycles. The SMILES string of the molecule is CNc1ncc2cc(C)cc(-c3nc4cc(F)c(OC)cc4s3)c2n1. The number of halogens is 1. The lowest BCUT2D eigenvalue weighted by molar-refractivity contribution is 0.387. The van der Waals surface area contributed by atoms with Crippen LogP contribution >= 0.6 is 11.3 Å². The topological polar surface area (TPSA) is 59.9 Å². The fourth-order valence-corrected chi connectivity index (χ4v) is 3.77. The Hall–Kier alpha value is -2.80. The van der Waals surface area contributed by atoms with Gasteiger partial charge in [-0.05, 0) is 24.6 Å². The summed E-state index contributed by atoms with van der Waals surface area (Å²) in [6.45, 7) is 2.02. The zero-order valence-corrected chi connectivity index (χ0v) is 14.7. The second kappa shape index (κ2) is 5.93. The minimum atomic E-state index is -0.416. The van der Waals surface area contributed by atoms with Crippen LogP contribution in [0.25, 0.3) is 31.7 Å². The summed E-state index contributed by atoms with van der Waals surface area (Å²) < 4.78 is 19.9. The van der Waals surface area contributed by atoms with E-state index in [0.717, 1.165) is 31.7 Å². The standard InChI is InChI=1S/C18H15FN4OS/c1-9-4-10-8-21-18(20-2)23-16(10)11(5-9)17-22-13-6-12(19)14(24-3)7-15(13)25-17/h4-8H,1-3H3,(H,20,21,23). The van der Waals surface area contributed by atoms with E-state index in [1.807, 2.05) is 19.1 Å². The smallest absolute Gasteiger partial charge is 0.222 e. The molecule has 0 aliphatic rings. The Morgan fingerprint density at radius 2 is 2.00 bits per heavy atom. The van der Waals surface area contributed by atoms with Crippen molar-refractivity contribution in [2.24, 2.45) is 0 Å². The Morgan fingerprint density at radius 3 is 2.76 bits per heavy atom. The van der Waals surface area contributed by atoms with Crippen molar-refractivity contribution in [3.8, 4) is 16.3 Å². The van der Waals surface area contributed by atoms with Gasteiger partial charge in [-0.1, -0.05) is 0 Å². The fraction of sp³-hybridized carbons (Fsp3) is 0.167. The summed E-state index contributed by atoms with van der Waals surface area (Å²) in [6.07, 6.45) is 1.79. The van der Waals surface area contributed by atoms with Crippen LogP contribution in [-0.2, 0) is 0 Å². The predicted octanol–water partition coefficient (Wildman–Crippen LogP) is 4.40. The highest BCUT2D eigenvalue weighted by Gasteiger charge is 2.15. The monoisotopic (exact) mass is 354 g/mol. The average Bonchev–Trinajstić information content (AvgIpc) is 3.02. The molecule has 0 aliphatic heterocycles. The van der Waals surface area contributed by atoms with Gasteiger partial charge in [0.25, 0.3) is 0 Å². The molecule has 2 aromatic heterocycles. The predicted molar refractivity (Wildman–Crippen MR) is 98.9 cm³/mol. The zero-order valence-electron chi connectivity index (χ0n) is 13.9. The summed E-state index contributed by atoms with van der Waals surface area (Å²) in [5.41, 5.74) is 3.42. The molecule has 0 saturated carbocycles. The van der Waals surface area contributed by atoms with Crippen LogP contribution in [0.3, 0.4) is 0 Å². The lowest BCUT2D eigenvalue weighted by Crippen LogP contribution is -1.97. The van der Waals surface area contributed by atoms with E-state index >= 15 is 0 Å². The molecule has 0 fully saturated rings. The van der Waals surface area contributed by atoms with Gasteiger partial charge in [-0.2, -0.15) is 0 Å². The number of aryl methyl sites for hydroxylation is 1. The van der Waals surface area contributed by atoms with Crippen molar-refractivity contribution in [1.82, 2.24) is 15.0 Å². The number of aromatic nitrogens is 3. The molecule has 0 amide bonds. The van der Waals surface area contributed by atoms with Crippen molar-refractivity contribution < 1.29 is 9.13 Å². The van der Waals surface area contributed by atoms with Crippen molar-refractivity contribution in [3.05, 3.63) is 41.8 Å². The number of nitrogens with one attached hydrogen (secondary N) is 1. The van der Waals surface area contributed by atoms with Gasteiger partial charge in [0.05, 0.1) is 22.8 Å². The number of anilines is 1. The van der Waals surface area contributed by atoms with E-state index in [-0.39, 0.29) is 5.75 Å². The molecule has 0 spiro atoms. The minimum absolute atomic E-state index is 0.219. The Balaban J connectivity index is 1.98. The molecule has 0 unspecified atom stereocenters. The van der Waals surface area contributed by atoms with Crippen molar-refractivity contribution in [3.63, 3.8) is 0 Å². The molecule has 5 nitrogen and oxygen atoms in total. The summed E-state index contributed by atoms with van der Waals surface area (Å²) in [5.74, 6) is 0.351. The molecule has 0 atom stereocenters. The first kappa shape index (κ1) is 15.7. The second-order valence-electron chi connectivity index (χ2n) is 5.67. The van der Waals surface area contributed by atoms with Crippen molar-refractivity contribution in [2.45, 2.75) is 6.92 Å². The largest absolute Gasteiger partial charge is 0.494 e. The summed E-state index contributed by atoms with van der Waals surface area (Å²) in [7, 11) is 3.23. The average molecular weight is 354 g/mol. The van der Waals surface area contributed by atoms with Crippen molar-refractivity contribution >= 4 is 38.4 Å². The molecule has 7 heteroatoms. The molecule has 2 aromatic carbocycles. The van der Waals surface area contributed by atoms with Crippen LogP contribution in [0.1, 0.15) is 5.56 Å². The van der Waals surface area contributed by atoms with E-state index in [4.69, 9.17) is 4.74 Å². The number of ether oxygens (including phenoxy) is 1. The van der Waals surface area contributed by atoms with Crippen LogP contribution < -0.4 is 10.1 Å². The molecule has 0 saturated heterocycles. The van der Waals surface area contributed by atoms with Gasteiger partial charge in [0.1, 0.15) is 5.01 Å². The van der Waals surface area contributed by atoms with E-state index in [2.05, 4.69) is 20.3 Å². The lowest BCUT2D eigenvalue weighted by Gasteiger charge is -2.06. The third-order valence-electron chi connectivity index (χ3n) is 3.94. The molecule has 4 rings (SSSR count). The summed E-state index contributed by atoms with van der Waals surface area (Å²) >= 11 is 1.49. The minimum Gasteiger partial charge on any atom is -0.494 e. The van der Waals surface area contributed by atoms with E-state index in [1.54, 1.807) is 19.3 Å². The fourth-order valence-electron chi connectivity index (χ4n) is 2.78. The van der Waals surface area contributed by atoms with Crippen molar-refractivity contribution in [2.75, 3.05) is 19.5 Å². The van der Waals surface area contributed by atoms with Gasteiger partial charge >= 0.3 is 0 Å². The number of hydrogen-bond acceptors (Lipinski definition) is 6. The highest BCUT2D eigenvalue weighted by molar-refractivity contribution is 7.21. The van der Waals surface area contributed by atoms with E-state index in [9.17, 15) is 4.39 Å². The molecular weight excluding hydrogens is 339 g/mol. The Morgan fingerprint density at radius 1 is 1.16 bits per heavy atom. The second-order valence-corrected chi connectivity index (χ2v) is 6.70. The molecule has 0 radical (unpaired) electrons. The van der Waals surface area contributed by atoms with E-state index in [0.29, 0.717) is 11.5 Å². The van der Waals surface area contributed by atoms with Gasteiger partial charge in [-0.25, -0.2) is 19.3 Å². The Kier molecular flexibility index (Phi) is 3.73. The zero-order chi connectivity index (χ0) is 17.6. The third-order valence-corrected chi connectivity index (χ3v) is 4.99. The van der Waals surface area contributed by atoms with Crippen LogP contribution in [-0.4, -0.2) is 29.1 Å². The number of hydrogen-bond donors (Lipinski definition) is 1. The summed E-state index contributed by atoms with van der Waals surface area (Å²) in [5, 5.41) is 4.69. The van der Waals surface area contributed by atoms with Crippen LogP contribution in [0.15, 0.2) is 30.5 Å². The number of rotatable bonds is 3. The van der Waals surface area contributed by atoms with Crippen LogP contribution in [0.2, 0.25) is 0 Å². The Bertz CT molecular complexity index is 1110. The maximum absolute atomic E-state index is 14.0. The highest BCUT2D eigenvalue weighted by atomic mass is 32.1. The van der Waals surface area contributed by atoms with Crippen LogP contribution in [0, 0.1) is 12.7 Å². The number of fused-ring (bicyclic) bond motifs is 2. The normalized spacial score (nSPS) is 11.2. The quantitative estimate of drug-likeness (QED) is 0.591. The van der Waals surface area contributed by atoms with Gasteiger partial charge < -0.3 is 10.1 Å². The molecule has 25 heavy (non-hydrogen) atoms. The first-order chi connectivity index (χ1) is 12.1. The molecule has 0 aliphatic carbocycles. The van der Waals surface area contributed by atoms with Gasteiger partial charge in [-0.15, -0.1) is 11.3 Å². The van der Waals surface area contributed by atoms with Crippen LogP contribution in [0.5, 0.6) is 5.75 Å². The van der Waals surface area contributed by atoms with E-state index in [1.165, 1.54) is 24.5 Å². The number of benzene rings is 2. The molecule has 1 N–H and O–H groups in total. The highest BCUT2D eigenvalue weighted by Crippen LogP contribution is 2.36. The third kappa shape index (κ3) is 2.66. The Labute approximate surface area is 147 Å². The maximum atomic E-state index is 14.0. The number of thiazole rings is 1. The number of nitrogens with zero attached hydrogens (tertiary/aromatic N) is 3. The maximum Gasteiger partial charge on any atom is 0.222 e. The van der Waals surface area contributed by atoms with Gasteiger partial charge in [0.15, 0.2) is 11.6 Å². The first-order valence-corrected chi connectivity index (χ1v) is 8.50. The summed E-state index contributed by atoms with van der Waals surface area (Å²) in [6, 6.07) is 7.16. The van der Waals surface area contributed by atoms with Gasteiger partial charge in [0.2, 0.25) is 5.95 Å². The molecule has 4 aromatic rings. The molecule has 126 valence electrons. The summed E-state index contributed by atoms with van der Waals surface area (Å²) in [4.78, 5) is 13.5. The lowest BCUT2D eigenvalue weighted by atomic mass is 10.1.